The lowest BCUT2D eigenvalue weighted by molar-refractivity contribution is 0.328. The number of nitrogens with one attached hydrogen (secondary N) is 1. The second-order valence-electron chi connectivity index (χ2n) is 4.86. The second kappa shape index (κ2) is 6.72. The molecular weight excluding hydrogens is 210 g/mol. The summed E-state index contributed by atoms with van der Waals surface area (Å²) < 4.78 is 0. The zero-order chi connectivity index (χ0) is 11.9. The van der Waals surface area contributed by atoms with Gasteiger partial charge < -0.3 is 10.2 Å². The normalized spacial score (nSPS) is 18.4. The highest BCUT2D eigenvalue weighted by molar-refractivity contribution is 5.12. The standard InChI is InChI=1S/C14H23N3/c1-13(14-6-4-7-15-12-14)16-8-5-11-17-9-2-3-10-17/h4,6-7,12-13,16H,2-3,5,8-11H2,1H3/t13-/m0/s1. The fourth-order valence-corrected chi connectivity index (χ4v) is 2.38. The van der Waals surface area contributed by atoms with Gasteiger partial charge in [0.25, 0.3) is 0 Å². The van der Waals surface area contributed by atoms with Crippen LogP contribution in [0.25, 0.3) is 0 Å². The fraction of sp³-hybridized carbons (Fsp3) is 0.643. The molecule has 1 N–H and O–H groups in total. The SMILES string of the molecule is C[C@H](NCCCN1CCCC1)c1cccnc1. The predicted molar refractivity (Wildman–Crippen MR) is 70.9 cm³/mol. The van der Waals surface area contributed by atoms with E-state index in [1.165, 1.54) is 44.5 Å². The minimum absolute atomic E-state index is 0.405. The summed E-state index contributed by atoms with van der Waals surface area (Å²) in [6.07, 6.45) is 7.78. The summed E-state index contributed by atoms with van der Waals surface area (Å²) in [6, 6.07) is 4.53. The Morgan fingerprint density at radius 2 is 2.24 bits per heavy atom. The quantitative estimate of drug-likeness (QED) is 0.764. The smallest absolute Gasteiger partial charge is 0.0315 e. The molecular formula is C14H23N3. The number of aromatic nitrogens is 1. The molecule has 0 bridgehead atoms. The molecule has 3 nitrogen and oxygen atoms in total. The van der Waals surface area contributed by atoms with E-state index in [0.717, 1.165) is 6.54 Å². The van der Waals surface area contributed by atoms with E-state index in [1.807, 2.05) is 18.5 Å². The lowest BCUT2D eigenvalue weighted by Crippen LogP contribution is -2.26. The third-order valence-electron chi connectivity index (χ3n) is 3.48. The Labute approximate surface area is 104 Å². The molecule has 0 radical (unpaired) electrons. The molecule has 1 atom stereocenters. The summed E-state index contributed by atoms with van der Waals surface area (Å²) >= 11 is 0. The van der Waals surface area contributed by atoms with Crippen molar-refractivity contribution >= 4 is 0 Å². The van der Waals surface area contributed by atoms with Gasteiger partial charge in [-0.25, -0.2) is 0 Å². The molecule has 0 spiro atoms. The summed E-state index contributed by atoms with van der Waals surface area (Å²) in [5, 5.41) is 3.56. The summed E-state index contributed by atoms with van der Waals surface area (Å²) in [5.41, 5.74) is 1.27. The molecule has 1 saturated heterocycles. The van der Waals surface area contributed by atoms with Crippen molar-refractivity contribution in [2.24, 2.45) is 0 Å². The second-order valence-corrected chi connectivity index (χ2v) is 4.86. The monoisotopic (exact) mass is 233 g/mol. The van der Waals surface area contributed by atoms with Crippen LogP contribution < -0.4 is 5.32 Å². The summed E-state index contributed by atoms with van der Waals surface area (Å²) in [7, 11) is 0. The number of likely N-dealkylation sites (tertiary alicyclic amines) is 1. The molecule has 1 aliphatic rings. The molecule has 2 rings (SSSR count). The molecule has 0 amide bonds. The van der Waals surface area contributed by atoms with Crippen molar-refractivity contribution in [3.63, 3.8) is 0 Å². The van der Waals surface area contributed by atoms with Crippen LogP contribution in [0.5, 0.6) is 0 Å². The highest BCUT2D eigenvalue weighted by Crippen LogP contribution is 2.10. The van der Waals surface area contributed by atoms with Gasteiger partial charge in [-0.05, 0) is 64.0 Å². The van der Waals surface area contributed by atoms with Crippen LogP contribution in [-0.2, 0) is 0 Å². The molecule has 1 aliphatic heterocycles. The van der Waals surface area contributed by atoms with Crippen molar-refractivity contribution in [2.45, 2.75) is 32.2 Å². The van der Waals surface area contributed by atoms with E-state index in [-0.39, 0.29) is 0 Å². The van der Waals surface area contributed by atoms with Gasteiger partial charge in [-0.15, -0.1) is 0 Å². The number of hydrogen-bond acceptors (Lipinski definition) is 3. The van der Waals surface area contributed by atoms with Crippen LogP contribution in [0, 0.1) is 0 Å². The fourth-order valence-electron chi connectivity index (χ4n) is 2.38. The predicted octanol–water partition coefficient (Wildman–Crippen LogP) is 2.22. The van der Waals surface area contributed by atoms with E-state index in [9.17, 15) is 0 Å². The maximum atomic E-state index is 4.15. The maximum Gasteiger partial charge on any atom is 0.0315 e. The average molecular weight is 233 g/mol. The number of nitrogens with zero attached hydrogens (tertiary/aromatic N) is 2. The minimum atomic E-state index is 0.405. The molecule has 1 fully saturated rings. The van der Waals surface area contributed by atoms with Gasteiger partial charge in [-0.3, -0.25) is 4.98 Å². The van der Waals surface area contributed by atoms with Crippen molar-refractivity contribution in [1.29, 1.82) is 0 Å². The Bertz CT molecular complexity index is 307. The first kappa shape index (κ1) is 12.5. The van der Waals surface area contributed by atoms with E-state index in [2.05, 4.69) is 28.2 Å². The van der Waals surface area contributed by atoms with E-state index < -0.39 is 0 Å². The molecule has 3 heteroatoms. The zero-order valence-electron chi connectivity index (χ0n) is 10.7. The Hall–Kier alpha value is -0.930. The highest BCUT2D eigenvalue weighted by Gasteiger charge is 2.10. The molecule has 17 heavy (non-hydrogen) atoms. The van der Waals surface area contributed by atoms with Crippen LogP contribution in [0.1, 0.15) is 37.8 Å². The highest BCUT2D eigenvalue weighted by atomic mass is 15.1. The lowest BCUT2D eigenvalue weighted by Gasteiger charge is -2.17. The van der Waals surface area contributed by atoms with Crippen molar-refractivity contribution in [2.75, 3.05) is 26.2 Å². The minimum Gasteiger partial charge on any atom is -0.310 e. The molecule has 94 valence electrons. The van der Waals surface area contributed by atoms with Gasteiger partial charge >= 0.3 is 0 Å². The van der Waals surface area contributed by atoms with E-state index in [0.29, 0.717) is 6.04 Å². The Kier molecular flexibility index (Phi) is 4.95. The van der Waals surface area contributed by atoms with Crippen molar-refractivity contribution in [1.82, 2.24) is 15.2 Å². The third-order valence-corrected chi connectivity index (χ3v) is 3.48. The van der Waals surface area contributed by atoms with E-state index >= 15 is 0 Å². The number of rotatable bonds is 6. The maximum absolute atomic E-state index is 4.15. The number of hydrogen-bond donors (Lipinski definition) is 1. The Morgan fingerprint density at radius 3 is 2.94 bits per heavy atom. The first-order valence-corrected chi connectivity index (χ1v) is 6.72. The van der Waals surface area contributed by atoms with Gasteiger partial charge in [-0.2, -0.15) is 0 Å². The molecule has 1 aromatic rings. The van der Waals surface area contributed by atoms with Crippen LogP contribution in [0.3, 0.4) is 0 Å². The third kappa shape index (κ3) is 4.10. The molecule has 0 saturated carbocycles. The topological polar surface area (TPSA) is 28.2 Å². The van der Waals surface area contributed by atoms with Gasteiger partial charge in [0.2, 0.25) is 0 Å². The Morgan fingerprint density at radius 1 is 1.41 bits per heavy atom. The van der Waals surface area contributed by atoms with Gasteiger partial charge in [0.15, 0.2) is 0 Å². The first-order valence-electron chi connectivity index (χ1n) is 6.72. The van der Waals surface area contributed by atoms with Crippen LogP contribution in [0.2, 0.25) is 0 Å². The Balaban J connectivity index is 1.61. The first-order chi connectivity index (χ1) is 8.36. The van der Waals surface area contributed by atoms with Gasteiger partial charge in [0, 0.05) is 18.4 Å². The van der Waals surface area contributed by atoms with Crippen LogP contribution in [0.15, 0.2) is 24.5 Å². The van der Waals surface area contributed by atoms with Crippen molar-refractivity contribution in [3.8, 4) is 0 Å². The molecule has 0 aliphatic carbocycles. The summed E-state index contributed by atoms with van der Waals surface area (Å²) in [5.74, 6) is 0. The van der Waals surface area contributed by atoms with Crippen LogP contribution in [-0.4, -0.2) is 36.1 Å². The molecule has 1 aromatic heterocycles. The largest absolute Gasteiger partial charge is 0.310 e. The van der Waals surface area contributed by atoms with Crippen LogP contribution in [0.4, 0.5) is 0 Å². The van der Waals surface area contributed by atoms with E-state index in [1.54, 1.807) is 0 Å². The molecule has 2 heterocycles. The lowest BCUT2D eigenvalue weighted by atomic mass is 10.1. The summed E-state index contributed by atoms with van der Waals surface area (Å²) in [6.45, 7) is 7.14. The van der Waals surface area contributed by atoms with Crippen molar-refractivity contribution in [3.05, 3.63) is 30.1 Å². The van der Waals surface area contributed by atoms with Crippen molar-refractivity contribution < 1.29 is 0 Å². The van der Waals surface area contributed by atoms with Gasteiger partial charge in [0.1, 0.15) is 0 Å². The van der Waals surface area contributed by atoms with E-state index in [4.69, 9.17) is 0 Å². The molecule has 0 aromatic carbocycles. The van der Waals surface area contributed by atoms with Crippen LogP contribution >= 0.6 is 0 Å². The molecule has 0 unspecified atom stereocenters. The van der Waals surface area contributed by atoms with Gasteiger partial charge in [-0.1, -0.05) is 6.07 Å². The zero-order valence-corrected chi connectivity index (χ0v) is 10.7. The number of pyridine rings is 1. The van der Waals surface area contributed by atoms with Gasteiger partial charge in [0.05, 0.1) is 0 Å². The summed E-state index contributed by atoms with van der Waals surface area (Å²) in [4.78, 5) is 6.71. The average Bonchev–Trinajstić information content (AvgIpc) is 2.88.